The molecule has 3 rings (SSSR count). The fourth-order valence-corrected chi connectivity index (χ4v) is 3.07. The average molecular weight is 381 g/mol. The monoisotopic (exact) mass is 381 g/mol. The van der Waals surface area contributed by atoms with Gasteiger partial charge in [-0.25, -0.2) is 9.98 Å². The number of aliphatic hydroxyl groups excluding tert-OH is 1. The fraction of sp³-hybridized carbons (Fsp3) is 0.737. The van der Waals surface area contributed by atoms with Gasteiger partial charge in [0.05, 0.1) is 24.1 Å². The Bertz CT molecular complexity index is 778. The van der Waals surface area contributed by atoms with Crippen molar-refractivity contribution < 1.29 is 25.5 Å². The topological polar surface area (TPSA) is 95.2 Å². The van der Waals surface area contributed by atoms with Crippen molar-refractivity contribution in [3.8, 4) is 0 Å². The van der Waals surface area contributed by atoms with Crippen molar-refractivity contribution in [3.63, 3.8) is 0 Å². The molecule has 1 N–H and O–H groups in total. The van der Waals surface area contributed by atoms with Crippen molar-refractivity contribution in [3.05, 3.63) is 12.0 Å². The summed E-state index contributed by atoms with van der Waals surface area (Å²) in [6.07, 6.45) is -1.82. The summed E-state index contributed by atoms with van der Waals surface area (Å²) in [5.41, 5.74) is -0.772. The van der Waals surface area contributed by atoms with E-state index in [1.165, 1.54) is 10.8 Å². The standard InChI is InChI=1S/C19H29N3O5/c1-18(2,3)25-9-12-15(27-19(4,5)6)14(24)17(26-12)22-10-21-13-11(23)7-8-20-16(13)22/h8,10,12,14-15,17,24H,7,9H2,1-6H3/t12-,14-,15?,17?/m1/s1/i10+1D. The van der Waals surface area contributed by atoms with Gasteiger partial charge in [-0.05, 0) is 41.5 Å². The molecule has 1 fully saturated rings. The van der Waals surface area contributed by atoms with E-state index < -0.39 is 30.1 Å². The number of aliphatic imine (C=N–C) groups is 1. The van der Waals surface area contributed by atoms with E-state index in [0.29, 0.717) is 0 Å². The zero-order valence-electron chi connectivity index (χ0n) is 17.7. The van der Waals surface area contributed by atoms with Crippen LogP contribution >= 0.6 is 0 Å². The maximum absolute atomic E-state index is 12.1. The first-order valence-electron chi connectivity index (χ1n) is 9.67. The van der Waals surface area contributed by atoms with Gasteiger partial charge in [0.2, 0.25) is 0 Å². The van der Waals surface area contributed by atoms with E-state index in [-0.39, 0.29) is 42.2 Å². The van der Waals surface area contributed by atoms with Gasteiger partial charge in [-0.15, -0.1) is 0 Å². The fourth-order valence-electron chi connectivity index (χ4n) is 3.07. The SMILES string of the molecule is [2H][13c]1nc2c(n1C1O[C@H](COC(C)(C)C)C(OC(C)(C)C)[C@H]1O)N=CCC2=O. The number of fused-ring (bicyclic) bond motifs is 1. The quantitative estimate of drug-likeness (QED) is 0.861. The number of Topliss-reactive ketones (excluding diaryl/α,β-unsaturated/α-hetero) is 1. The third-order valence-electron chi connectivity index (χ3n) is 4.20. The summed E-state index contributed by atoms with van der Waals surface area (Å²) in [6.45, 7) is 11.7. The Balaban J connectivity index is 1.93. The molecule has 8 nitrogen and oxygen atoms in total. The maximum atomic E-state index is 12.1. The van der Waals surface area contributed by atoms with Gasteiger partial charge in [-0.1, -0.05) is 0 Å². The molecule has 150 valence electrons. The van der Waals surface area contributed by atoms with Gasteiger partial charge in [0, 0.05) is 12.6 Å². The van der Waals surface area contributed by atoms with Gasteiger partial charge in [0.15, 0.2) is 23.5 Å². The van der Waals surface area contributed by atoms with Crippen LogP contribution in [0.1, 0.15) is 66.1 Å². The summed E-state index contributed by atoms with van der Waals surface area (Å²) < 4.78 is 27.5. The largest absolute Gasteiger partial charge is 0.386 e. The van der Waals surface area contributed by atoms with Crippen LogP contribution in [0.4, 0.5) is 5.82 Å². The van der Waals surface area contributed by atoms with E-state index in [9.17, 15) is 9.90 Å². The molecule has 27 heavy (non-hydrogen) atoms. The van der Waals surface area contributed by atoms with Crippen LogP contribution in [0, 0.1) is 0 Å². The van der Waals surface area contributed by atoms with E-state index >= 15 is 0 Å². The first kappa shape index (κ1) is 18.7. The molecule has 0 radical (unpaired) electrons. The third kappa shape index (κ3) is 4.45. The second kappa shape index (κ2) is 7.09. The number of aromatic nitrogens is 2. The van der Waals surface area contributed by atoms with Gasteiger partial charge in [-0.3, -0.25) is 9.36 Å². The maximum Gasteiger partial charge on any atom is 0.190 e. The van der Waals surface area contributed by atoms with Crippen LogP contribution in [0.15, 0.2) is 11.3 Å². The van der Waals surface area contributed by atoms with Crippen LogP contribution in [0.2, 0.25) is 0 Å². The van der Waals surface area contributed by atoms with E-state index in [4.69, 9.17) is 15.6 Å². The zero-order chi connectivity index (χ0) is 20.9. The summed E-state index contributed by atoms with van der Waals surface area (Å²) >= 11 is 0. The van der Waals surface area contributed by atoms with E-state index in [1.54, 1.807) is 0 Å². The minimum atomic E-state index is -1.08. The van der Waals surface area contributed by atoms with Crippen LogP contribution in [-0.2, 0) is 14.2 Å². The molecule has 8 heteroatoms. The number of carbonyl (C=O) groups excluding carboxylic acids is 1. The Labute approximate surface area is 160 Å². The van der Waals surface area contributed by atoms with Crippen molar-refractivity contribution in [1.29, 1.82) is 0 Å². The van der Waals surface area contributed by atoms with E-state index in [1.807, 2.05) is 41.5 Å². The number of imidazole rings is 1. The van der Waals surface area contributed by atoms with Gasteiger partial charge >= 0.3 is 0 Å². The van der Waals surface area contributed by atoms with Crippen LogP contribution in [0.25, 0.3) is 0 Å². The number of hydrogen-bond acceptors (Lipinski definition) is 7. The van der Waals surface area contributed by atoms with Crippen LogP contribution in [0.5, 0.6) is 0 Å². The highest BCUT2D eigenvalue weighted by Gasteiger charge is 2.48. The number of nitrogens with zero attached hydrogens (tertiary/aromatic N) is 3. The average Bonchev–Trinajstić information content (AvgIpc) is 3.02. The van der Waals surface area contributed by atoms with Crippen LogP contribution in [-0.4, -0.2) is 62.8 Å². The Hall–Kier alpha value is -1.61. The molecule has 0 amide bonds. The lowest BCUT2D eigenvalue weighted by Gasteiger charge is -2.30. The van der Waals surface area contributed by atoms with Crippen LogP contribution < -0.4 is 0 Å². The van der Waals surface area contributed by atoms with E-state index in [0.717, 1.165) is 0 Å². The smallest absolute Gasteiger partial charge is 0.190 e. The van der Waals surface area contributed by atoms with Gasteiger partial charge in [0.25, 0.3) is 0 Å². The lowest BCUT2D eigenvalue weighted by Crippen LogP contribution is -2.42. The van der Waals surface area contributed by atoms with Crippen molar-refractivity contribution in [2.24, 2.45) is 4.99 Å². The highest BCUT2D eigenvalue weighted by atomic mass is 16.6. The van der Waals surface area contributed by atoms with Crippen molar-refractivity contribution in [1.82, 2.24) is 9.55 Å². The van der Waals surface area contributed by atoms with Gasteiger partial charge in [-0.2, -0.15) is 0 Å². The second-order valence-corrected chi connectivity index (χ2v) is 8.87. The molecule has 1 aromatic heterocycles. The summed E-state index contributed by atoms with van der Waals surface area (Å²) in [4.78, 5) is 20.3. The number of ether oxygens (including phenoxy) is 3. The normalized spacial score (nSPS) is 29.1. The Morgan fingerprint density at radius 3 is 2.67 bits per heavy atom. The Kier molecular flexibility index (Phi) is 4.92. The predicted octanol–water partition coefficient (Wildman–Crippen LogP) is 2.43. The minimum absolute atomic E-state index is 0.131. The first-order valence-corrected chi connectivity index (χ1v) is 9.17. The molecule has 4 atom stereocenters. The molecule has 0 aliphatic carbocycles. The van der Waals surface area contributed by atoms with Gasteiger partial charge < -0.3 is 19.3 Å². The molecule has 2 aliphatic rings. The molecule has 1 saturated heterocycles. The highest BCUT2D eigenvalue weighted by Crippen LogP contribution is 2.38. The van der Waals surface area contributed by atoms with Gasteiger partial charge in [0.1, 0.15) is 19.7 Å². The van der Waals surface area contributed by atoms with Crippen molar-refractivity contribution >= 4 is 17.8 Å². The summed E-state index contributed by atoms with van der Waals surface area (Å²) in [7, 11) is 0. The highest BCUT2D eigenvalue weighted by molar-refractivity contribution is 6.08. The Morgan fingerprint density at radius 1 is 1.33 bits per heavy atom. The molecule has 1 aromatic rings. The number of ketones is 1. The number of hydrogen-bond donors (Lipinski definition) is 1. The molecule has 0 saturated carbocycles. The van der Waals surface area contributed by atoms with Crippen molar-refractivity contribution in [2.75, 3.05) is 6.61 Å². The molecule has 0 aromatic carbocycles. The molecule has 0 bridgehead atoms. The molecular formula is C19H29N3O5. The molecule has 0 spiro atoms. The molecular weight excluding hydrogens is 351 g/mol. The molecule has 2 aliphatic heterocycles. The third-order valence-corrected chi connectivity index (χ3v) is 4.20. The number of carbonyl (C=O) groups is 1. The zero-order valence-corrected chi connectivity index (χ0v) is 16.7. The number of aliphatic hydroxyl groups is 1. The number of rotatable bonds is 4. The lowest BCUT2D eigenvalue weighted by molar-refractivity contribution is -0.138. The summed E-state index contributed by atoms with van der Waals surface area (Å²) in [5.74, 6) is 0.0250. The van der Waals surface area contributed by atoms with Crippen LogP contribution in [0.3, 0.4) is 0 Å². The molecule has 2 unspecified atom stereocenters. The molecule has 3 heterocycles. The van der Waals surface area contributed by atoms with E-state index in [2.05, 4.69) is 9.98 Å². The lowest BCUT2D eigenvalue weighted by atomic mass is 10.1. The Morgan fingerprint density at radius 2 is 2.04 bits per heavy atom. The second-order valence-electron chi connectivity index (χ2n) is 8.87. The minimum Gasteiger partial charge on any atom is -0.386 e. The van der Waals surface area contributed by atoms with Crippen molar-refractivity contribution in [2.45, 2.75) is 83.7 Å². The summed E-state index contributed by atoms with van der Waals surface area (Å²) in [6, 6.07) is 0. The first-order chi connectivity index (χ1) is 12.9. The predicted molar refractivity (Wildman–Crippen MR) is 99.6 cm³/mol. The summed E-state index contributed by atoms with van der Waals surface area (Å²) in [5, 5.41) is 11.0.